The summed E-state index contributed by atoms with van der Waals surface area (Å²) in [7, 11) is 0. The van der Waals surface area contributed by atoms with Crippen molar-refractivity contribution >= 4 is 23.5 Å². The highest BCUT2D eigenvalue weighted by Crippen LogP contribution is 2.44. The molecule has 138 valence electrons. The Balaban J connectivity index is 2.36. The summed E-state index contributed by atoms with van der Waals surface area (Å²) in [5.41, 5.74) is 9.20. The highest BCUT2D eigenvalue weighted by Gasteiger charge is 2.55. The maximum atomic E-state index is 14.5. The first-order valence-electron chi connectivity index (χ1n) is 7.60. The smallest absolute Gasteiger partial charge is 0.415 e. The van der Waals surface area contributed by atoms with Gasteiger partial charge in [-0.25, -0.2) is 15.1 Å². The number of rotatable bonds is 1. The highest BCUT2D eigenvalue weighted by atomic mass is 19.3. The second-order valence-electron chi connectivity index (χ2n) is 6.95. The van der Waals surface area contributed by atoms with Crippen molar-refractivity contribution in [2.45, 2.75) is 44.8 Å². The average Bonchev–Trinajstić information content (AvgIpc) is 2.44. The number of alkyl halides is 2. The number of amidine groups is 1. The van der Waals surface area contributed by atoms with E-state index in [1.165, 1.54) is 25.1 Å². The number of aliphatic imine (C=N–C) groups is 1. The Morgan fingerprint density at radius 3 is 2.52 bits per heavy atom. The zero-order valence-corrected chi connectivity index (χ0v) is 14.5. The van der Waals surface area contributed by atoms with Crippen LogP contribution in [0, 0.1) is 0 Å². The van der Waals surface area contributed by atoms with Crippen molar-refractivity contribution in [2.75, 3.05) is 18.1 Å². The van der Waals surface area contributed by atoms with Crippen molar-refractivity contribution in [1.82, 2.24) is 5.32 Å². The van der Waals surface area contributed by atoms with E-state index in [0.717, 1.165) is 0 Å². The molecular weight excluding hydrogens is 334 g/mol. The molecular formula is C16H22F2N4O3. The lowest BCUT2D eigenvalue weighted by Crippen LogP contribution is -2.52. The molecule has 0 unspecified atom stereocenters. The number of nitrogens with zero attached hydrogens (tertiary/aromatic N) is 1. The number of carbonyl (C=O) groups is 1. The lowest BCUT2D eigenvalue weighted by Gasteiger charge is -2.38. The molecule has 1 amide bonds. The number of alkyl carbamates (subject to hydrolysis) is 1. The number of nitrogen functional groups attached to an aromatic ring is 2. The molecule has 2 rings (SSSR count). The Hall–Kier alpha value is -2.58. The van der Waals surface area contributed by atoms with Gasteiger partial charge in [0.15, 0.2) is 12.1 Å². The first kappa shape index (κ1) is 18.8. The Labute approximate surface area is 144 Å². The summed E-state index contributed by atoms with van der Waals surface area (Å²) in [6.45, 7) is 5.29. The quantitative estimate of drug-likeness (QED) is 0.670. The summed E-state index contributed by atoms with van der Waals surface area (Å²) in [5.74, 6) is -3.32. The monoisotopic (exact) mass is 356 g/mol. The summed E-state index contributed by atoms with van der Waals surface area (Å²) in [4.78, 5) is 15.7. The zero-order valence-electron chi connectivity index (χ0n) is 14.5. The summed E-state index contributed by atoms with van der Waals surface area (Å²) >= 11 is 0. The minimum absolute atomic E-state index is 0.149. The van der Waals surface area contributed by atoms with E-state index >= 15 is 0 Å². The highest BCUT2D eigenvalue weighted by molar-refractivity contribution is 5.91. The van der Waals surface area contributed by atoms with Gasteiger partial charge in [0.05, 0.1) is 11.4 Å². The van der Waals surface area contributed by atoms with E-state index in [9.17, 15) is 13.6 Å². The van der Waals surface area contributed by atoms with Gasteiger partial charge in [0.25, 0.3) is 6.02 Å². The molecule has 1 aromatic rings. The standard InChI is InChI=1S/C16H22F2N4O3/c1-14(2,3)25-13(23)21-12-22-15(4,16(17,18)8-24-12)9-5-6-10(19)11(20)7-9/h5-7H,8,19-20H2,1-4H3,(H,21,22,23)/t15-/m1/s1. The number of anilines is 2. The van der Waals surface area contributed by atoms with Crippen molar-refractivity contribution in [3.63, 3.8) is 0 Å². The first-order valence-corrected chi connectivity index (χ1v) is 7.60. The Morgan fingerprint density at radius 1 is 1.32 bits per heavy atom. The molecule has 0 saturated heterocycles. The van der Waals surface area contributed by atoms with E-state index < -0.39 is 29.8 Å². The van der Waals surface area contributed by atoms with E-state index in [-0.39, 0.29) is 23.0 Å². The number of ether oxygens (including phenoxy) is 2. The van der Waals surface area contributed by atoms with Gasteiger partial charge >= 0.3 is 12.0 Å². The second-order valence-corrected chi connectivity index (χ2v) is 6.95. The van der Waals surface area contributed by atoms with Crippen LogP contribution in [0.2, 0.25) is 0 Å². The van der Waals surface area contributed by atoms with Crippen LogP contribution >= 0.6 is 0 Å². The first-order chi connectivity index (χ1) is 11.3. The minimum Gasteiger partial charge on any atom is -0.458 e. The van der Waals surface area contributed by atoms with Gasteiger partial charge in [-0.05, 0) is 45.4 Å². The van der Waals surface area contributed by atoms with Gasteiger partial charge in [0.2, 0.25) is 0 Å². The molecule has 1 aliphatic heterocycles. The Kier molecular flexibility index (Phi) is 4.54. The van der Waals surface area contributed by atoms with Crippen LogP contribution in [0.5, 0.6) is 0 Å². The van der Waals surface area contributed by atoms with Crippen LogP contribution < -0.4 is 16.8 Å². The molecule has 25 heavy (non-hydrogen) atoms. The zero-order chi connectivity index (χ0) is 19.0. The largest absolute Gasteiger partial charge is 0.458 e. The maximum Gasteiger partial charge on any atom is 0.415 e. The number of carbonyl (C=O) groups excluding carboxylic acids is 1. The maximum absolute atomic E-state index is 14.5. The predicted octanol–water partition coefficient (Wildman–Crippen LogP) is 2.61. The Bertz CT molecular complexity index is 716. The van der Waals surface area contributed by atoms with Crippen molar-refractivity contribution in [1.29, 1.82) is 0 Å². The van der Waals surface area contributed by atoms with Gasteiger partial charge in [-0.15, -0.1) is 0 Å². The number of benzene rings is 1. The molecule has 0 spiro atoms. The van der Waals surface area contributed by atoms with Crippen LogP contribution in [0.15, 0.2) is 23.2 Å². The van der Waals surface area contributed by atoms with Crippen LogP contribution in [-0.4, -0.2) is 30.2 Å². The molecule has 7 nitrogen and oxygen atoms in total. The number of hydrogen-bond acceptors (Lipinski definition) is 6. The molecule has 0 aliphatic carbocycles. The van der Waals surface area contributed by atoms with E-state index in [1.807, 2.05) is 0 Å². The van der Waals surface area contributed by atoms with Crippen LogP contribution in [0.4, 0.5) is 25.0 Å². The topological polar surface area (TPSA) is 112 Å². The molecule has 0 saturated carbocycles. The number of amides is 1. The summed E-state index contributed by atoms with van der Waals surface area (Å²) in [6.07, 6.45) is -0.851. The van der Waals surface area contributed by atoms with Crippen LogP contribution in [-0.2, 0) is 15.0 Å². The van der Waals surface area contributed by atoms with Gasteiger partial charge in [0, 0.05) is 0 Å². The van der Waals surface area contributed by atoms with Crippen molar-refractivity contribution in [3.8, 4) is 0 Å². The summed E-state index contributed by atoms with van der Waals surface area (Å²) in [6, 6.07) is 3.83. The van der Waals surface area contributed by atoms with E-state index in [0.29, 0.717) is 0 Å². The number of halogens is 2. The third-order valence-corrected chi connectivity index (χ3v) is 3.68. The fourth-order valence-corrected chi connectivity index (χ4v) is 2.22. The molecule has 0 aromatic heterocycles. The molecule has 1 atom stereocenters. The Morgan fingerprint density at radius 2 is 1.96 bits per heavy atom. The molecule has 1 heterocycles. The fraction of sp³-hybridized carbons (Fsp3) is 0.500. The van der Waals surface area contributed by atoms with Gasteiger partial charge in [0.1, 0.15) is 5.60 Å². The van der Waals surface area contributed by atoms with Crippen LogP contribution in [0.3, 0.4) is 0 Å². The second kappa shape index (κ2) is 6.05. The van der Waals surface area contributed by atoms with Crippen molar-refractivity contribution < 1.29 is 23.0 Å². The van der Waals surface area contributed by atoms with Crippen LogP contribution in [0.1, 0.15) is 33.3 Å². The molecule has 0 bridgehead atoms. The van der Waals surface area contributed by atoms with Gasteiger partial charge < -0.3 is 20.9 Å². The predicted molar refractivity (Wildman–Crippen MR) is 90.3 cm³/mol. The molecule has 9 heteroatoms. The lowest BCUT2D eigenvalue weighted by atomic mass is 9.85. The lowest BCUT2D eigenvalue weighted by molar-refractivity contribution is -0.117. The van der Waals surface area contributed by atoms with Crippen LogP contribution in [0.25, 0.3) is 0 Å². The van der Waals surface area contributed by atoms with E-state index in [2.05, 4.69) is 10.3 Å². The molecule has 0 fully saturated rings. The van der Waals surface area contributed by atoms with Gasteiger partial charge in [-0.3, -0.25) is 0 Å². The van der Waals surface area contributed by atoms with Gasteiger partial charge in [-0.1, -0.05) is 6.07 Å². The van der Waals surface area contributed by atoms with Crippen molar-refractivity contribution in [3.05, 3.63) is 23.8 Å². The third kappa shape index (κ3) is 3.92. The average molecular weight is 356 g/mol. The number of nitrogens with one attached hydrogen (secondary N) is 1. The minimum atomic E-state index is -3.32. The fourth-order valence-electron chi connectivity index (χ4n) is 2.22. The molecule has 0 radical (unpaired) electrons. The van der Waals surface area contributed by atoms with E-state index in [4.69, 9.17) is 20.9 Å². The van der Waals surface area contributed by atoms with Gasteiger partial charge in [-0.2, -0.15) is 8.78 Å². The number of hydrogen-bond donors (Lipinski definition) is 3. The summed E-state index contributed by atoms with van der Waals surface area (Å²) in [5, 5.41) is 2.24. The normalized spacial score (nSPS) is 22.6. The SMILES string of the molecule is CC(C)(C)OC(=O)NC1=N[C@](C)(c2ccc(N)c(N)c2)C(F)(F)CO1. The third-order valence-electron chi connectivity index (χ3n) is 3.68. The number of nitrogens with two attached hydrogens (primary N) is 2. The van der Waals surface area contributed by atoms with Crippen molar-refractivity contribution in [2.24, 2.45) is 4.99 Å². The molecule has 1 aromatic carbocycles. The molecule has 5 N–H and O–H groups in total. The van der Waals surface area contributed by atoms with E-state index in [1.54, 1.807) is 20.8 Å². The summed E-state index contributed by atoms with van der Waals surface area (Å²) < 4.78 is 39.0. The molecule has 1 aliphatic rings.